The zero-order chi connectivity index (χ0) is 10.9. The number of aliphatic hydroxyl groups is 2. The summed E-state index contributed by atoms with van der Waals surface area (Å²) in [5.41, 5.74) is 6.38. The molecule has 0 atom stereocenters. The largest absolute Gasteiger partial charge is 0.392 e. The van der Waals surface area contributed by atoms with Crippen LogP contribution in [0.25, 0.3) is 0 Å². The molecule has 1 aromatic carbocycles. The van der Waals surface area contributed by atoms with Crippen LogP contribution < -0.4 is 0 Å². The highest BCUT2D eigenvalue weighted by Crippen LogP contribution is 2.26. The van der Waals surface area contributed by atoms with Crippen LogP contribution in [-0.4, -0.2) is 10.2 Å². The molecule has 0 spiro atoms. The van der Waals surface area contributed by atoms with Crippen LogP contribution >= 0.6 is 0 Å². The zero-order valence-corrected chi connectivity index (χ0v) is 9.31. The highest BCUT2D eigenvalue weighted by atomic mass is 16.3. The quantitative estimate of drug-likeness (QED) is 0.755. The molecule has 1 aromatic rings. The minimum atomic E-state index is 0.0745. The molecule has 1 rings (SSSR count). The lowest BCUT2D eigenvalue weighted by atomic mass is 9.89. The predicted octanol–water partition coefficient (Wildman–Crippen LogP) is 1.90. The van der Waals surface area contributed by atoms with Gasteiger partial charge >= 0.3 is 0 Å². The SMILES string of the molecule is Cc1c(C)c(CO)c(C)c(C)c1CO. The highest BCUT2D eigenvalue weighted by molar-refractivity contribution is 5.49. The monoisotopic (exact) mass is 194 g/mol. The predicted molar refractivity (Wildman–Crippen MR) is 57.2 cm³/mol. The van der Waals surface area contributed by atoms with Gasteiger partial charge in [0.25, 0.3) is 0 Å². The van der Waals surface area contributed by atoms with Crippen molar-refractivity contribution in [3.8, 4) is 0 Å². The van der Waals surface area contributed by atoms with Gasteiger partial charge in [-0.3, -0.25) is 0 Å². The molecular formula is C12H18O2. The summed E-state index contributed by atoms with van der Waals surface area (Å²) in [5.74, 6) is 0. The Hall–Kier alpha value is -0.860. The Bertz CT molecular complexity index is 290. The molecule has 2 heteroatoms. The van der Waals surface area contributed by atoms with E-state index in [9.17, 15) is 10.2 Å². The molecule has 0 aromatic heterocycles. The third kappa shape index (κ3) is 1.56. The molecular weight excluding hydrogens is 176 g/mol. The van der Waals surface area contributed by atoms with E-state index in [-0.39, 0.29) is 13.2 Å². The van der Waals surface area contributed by atoms with Crippen molar-refractivity contribution in [2.75, 3.05) is 0 Å². The van der Waals surface area contributed by atoms with Gasteiger partial charge in [0.1, 0.15) is 0 Å². The summed E-state index contributed by atoms with van der Waals surface area (Å²) in [4.78, 5) is 0. The van der Waals surface area contributed by atoms with Crippen LogP contribution in [0.15, 0.2) is 0 Å². The standard InChI is InChI=1S/C12H18O2/c1-7-8(2)12(6-14)10(4)9(3)11(7)5-13/h13-14H,5-6H2,1-4H3. The fraction of sp³-hybridized carbons (Fsp3) is 0.500. The maximum atomic E-state index is 9.25. The summed E-state index contributed by atoms with van der Waals surface area (Å²) < 4.78 is 0. The molecule has 0 saturated heterocycles. The Morgan fingerprint density at radius 1 is 0.643 bits per heavy atom. The number of rotatable bonds is 2. The van der Waals surface area contributed by atoms with Gasteiger partial charge in [-0.25, -0.2) is 0 Å². The molecule has 0 aliphatic carbocycles. The smallest absolute Gasteiger partial charge is 0.0687 e. The van der Waals surface area contributed by atoms with E-state index in [0.29, 0.717) is 0 Å². The number of benzene rings is 1. The lowest BCUT2D eigenvalue weighted by Gasteiger charge is -2.18. The Balaban J connectivity index is 3.55. The maximum Gasteiger partial charge on any atom is 0.0687 e. The lowest BCUT2D eigenvalue weighted by molar-refractivity contribution is 0.275. The van der Waals surface area contributed by atoms with E-state index in [1.54, 1.807) is 0 Å². The van der Waals surface area contributed by atoms with E-state index in [0.717, 1.165) is 33.4 Å². The summed E-state index contributed by atoms with van der Waals surface area (Å²) in [5, 5.41) is 18.5. The summed E-state index contributed by atoms with van der Waals surface area (Å²) in [6.07, 6.45) is 0. The number of hydrogen-bond acceptors (Lipinski definition) is 2. The van der Waals surface area contributed by atoms with Gasteiger partial charge in [0.2, 0.25) is 0 Å². The Morgan fingerprint density at radius 3 is 1.00 bits per heavy atom. The summed E-state index contributed by atoms with van der Waals surface area (Å²) >= 11 is 0. The molecule has 0 unspecified atom stereocenters. The molecule has 14 heavy (non-hydrogen) atoms. The van der Waals surface area contributed by atoms with Crippen molar-refractivity contribution in [2.45, 2.75) is 40.9 Å². The second kappa shape index (κ2) is 4.11. The molecule has 0 amide bonds. The van der Waals surface area contributed by atoms with Gasteiger partial charge in [-0.05, 0) is 61.1 Å². The Kier molecular flexibility index (Phi) is 3.29. The first kappa shape index (κ1) is 11.2. The second-order valence-corrected chi connectivity index (χ2v) is 3.77. The van der Waals surface area contributed by atoms with Crippen molar-refractivity contribution in [3.05, 3.63) is 33.4 Å². The second-order valence-electron chi connectivity index (χ2n) is 3.77. The van der Waals surface area contributed by atoms with Gasteiger partial charge in [0.05, 0.1) is 13.2 Å². The highest BCUT2D eigenvalue weighted by Gasteiger charge is 2.12. The molecule has 2 N–H and O–H groups in total. The van der Waals surface area contributed by atoms with E-state index in [1.165, 1.54) is 0 Å². The van der Waals surface area contributed by atoms with Crippen molar-refractivity contribution in [2.24, 2.45) is 0 Å². The van der Waals surface area contributed by atoms with Crippen molar-refractivity contribution in [1.29, 1.82) is 0 Å². The molecule has 0 aliphatic rings. The van der Waals surface area contributed by atoms with Gasteiger partial charge < -0.3 is 10.2 Å². The topological polar surface area (TPSA) is 40.5 Å². The molecule has 78 valence electrons. The first-order valence-electron chi connectivity index (χ1n) is 4.84. The molecule has 0 bridgehead atoms. The van der Waals surface area contributed by atoms with Crippen LogP contribution in [0.3, 0.4) is 0 Å². The minimum absolute atomic E-state index is 0.0745. The van der Waals surface area contributed by atoms with Crippen LogP contribution in [0.4, 0.5) is 0 Å². The third-order valence-electron chi connectivity index (χ3n) is 3.25. The average Bonchev–Trinajstić information content (AvgIpc) is 2.17. The first-order valence-corrected chi connectivity index (χ1v) is 4.84. The first-order chi connectivity index (χ1) is 6.54. The Morgan fingerprint density at radius 2 is 0.857 bits per heavy atom. The molecule has 0 heterocycles. The fourth-order valence-electron chi connectivity index (χ4n) is 1.94. The maximum absolute atomic E-state index is 9.25. The van der Waals surface area contributed by atoms with Crippen molar-refractivity contribution >= 4 is 0 Å². The Labute approximate surface area is 85.2 Å². The van der Waals surface area contributed by atoms with Crippen molar-refractivity contribution in [3.63, 3.8) is 0 Å². The van der Waals surface area contributed by atoms with Gasteiger partial charge in [-0.1, -0.05) is 0 Å². The van der Waals surface area contributed by atoms with Gasteiger partial charge in [-0.2, -0.15) is 0 Å². The molecule has 0 fully saturated rings. The van der Waals surface area contributed by atoms with E-state index < -0.39 is 0 Å². The third-order valence-corrected chi connectivity index (χ3v) is 3.25. The molecule has 0 radical (unpaired) electrons. The van der Waals surface area contributed by atoms with Crippen LogP contribution in [0.2, 0.25) is 0 Å². The van der Waals surface area contributed by atoms with Crippen molar-refractivity contribution in [1.82, 2.24) is 0 Å². The van der Waals surface area contributed by atoms with E-state index in [1.807, 2.05) is 27.7 Å². The lowest BCUT2D eigenvalue weighted by Crippen LogP contribution is -2.05. The van der Waals surface area contributed by atoms with Crippen LogP contribution in [-0.2, 0) is 13.2 Å². The fourth-order valence-corrected chi connectivity index (χ4v) is 1.94. The van der Waals surface area contributed by atoms with Crippen LogP contribution in [0, 0.1) is 27.7 Å². The van der Waals surface area contributed by atoms with E-state index in [4.69, 9.17) is 0 Å². The van der Waals surface area contributed by atoms with Gasteiger partial charge in [0.15, 0.2) is 0 Å². The van der Waals surface area contributed by atoms with E-state index >= 15 is 0 Å². The molecule has 0 saturated carbocycles. The number of aliphatic hydroxyl groups excluding tert-OH is 2. The van der Waals surface area contributed by atoms with Crippen molar-refractivity contribution < 1.29 is 10.2 Å². The summed E-state index contributed by atoms with van der Waals surface area (Å²) in [6, 6.07) is 0. The summed E-state index contributed by atoms with van der Waals surface area (Å²) in [6.45, 7) is 8.12. The van der Waals surface area contributed by atoms with Crippen LogP contribution in [0.5, 0.6) is 0 Å². The van der Waals surface area contributed by atoms with Crippen LogP contribution in [0.1, 0.15) is 33.4 Å². The molecule has 2 nitrogen and oxygen atoms in total. The van der Waals surface area contributed by atoms with Gasteiger partial charge in [-0.15, -0.1) is 0 Å². The summed E-state index contributed by atoms with van der Waals surface area (Å²) in [7, 11) is 0. The molecule has 0 aliphatic heterocycles. The zero-order valence-electron chi connectivity index (χ0n) is 9.31. The van der Waals surface area contributed by atoms with E-state index in [2.05, 4.69) is 0 Å². The number of hydrogen-bond donors (Lipinski definition) is 2. The normalized spacial score (nSPS) is 10.7. The van der Waals surface area contributed by atoms with Gasteiger partial charge in [0, 0.05) is 0 Å². The average molecular weight is 194 g/mol. The minimum Gasteiger partial charge on any atom is -0.392 e.